The lowest BCUT2D eigenvalue weighted by Crippen LogP contribution is -2.36. The molecule has 24 heavy (non-hydrogen) atoms. The van der Waals surface area contributed by atoms with Crippen LogP contribution in [0.1, 0.15) is 17.8 Å². The van der Waals surface area contributed by atoms with E-state index in [1.165, 1.54) is 0 Å². The smallest absolute Gasteiger partial charge is 0.417 e. The molecule has 0 fully saturated rings. The van der Waals surface area contributed by atoms with Crippen LogP contribution in [0.15, 0.2) is 12.3 Å². The SMILES string of the molecule is O=C(O)CCNC(=O)NCc1nnc2c(Cl)cc(C(F)(F)F)cn12. The molecule has 130 valence electrons. The van der Waals surface area contributed by atoms with Gasteiger partial charge in [-0.3, -0.25) is 9.20 Å². The van der Waals surface area contributed by atoms with E-state index in [4.69, 9.17) is 16.7 Å². The van der Waals surface area contributed by atoms with Gasteiger partial charge in [0.05, 0.1) is 23.6 Å². The van der Waals surface area contributed by atoms with E-state index in [1.807, 2.05) is 0 Å². The highest BCUT2D eigenvalue weighted by molar-refractivity contribution is 6.33. The van der Waals surface area contributed by atoms with Gasteiger partial charge in [0.25, 0.3) is 0 Å². The Kier molecular flexibility index (Phi) is 5.12. The van der Waals surface area contributed by atoms with Gasteiger partial charge in [-0.1, -0.05) is 11.6 Å². The first-order valence-electron chi connectivity index (χ1n) is 6.52. The highest BCUT2D eigenvalue weighted by Crippen LogP contribution is 2.32. The summed E-state index contributed by atoms with van der Waals surface area (Å²) in [6.07, 6.45) is -4.08. The molecule has 0 atom stereocenters. The van der Waals surface area contributed by atoms with Gasteiger partial charge in [-0.25, -0.2) is 4.79 Å². The zero-order valence-electron chi connectivity index (χ0n) is 11.9. The molecule has 0 bridgehead atoms. The number of nitrogens with one attached hydrogen (secondary N) is 2. The van der Waals surface area contributed by atoms with Crippen LogP contribution in [0.25, 0.3) is 5.65 Å². The van der Waals surface area contributed by atoms with Gasteiger partial charge in [-0.15, -0.1) is 10.2 Å². The number of hydrogen-bond donors (Lipinski definition) is 3. The number of fused-ring (bicyclic) bond motifs is 1. The molecule has 2 aromatic heterocycles. The molecular formula is C12H11ClF3N5O3. The molecule has 0 unspecified atom stereocenters. The first kappa shape index (κ1) is 17.8. The van der Waals surface area contributed by atoms with E-state index in [-0.39, 0.29) is 36.0 Å². The summed E-state index contributed by atoms with van der Waals surface area (Å²) >= 11 is 5.76. The van der Waals surface area contributed by atoms with Gasteiger partial charge in [0, 0.05) is 12.7 Å². The Bertz CT molecular complexity index is 777. The van der Waals surface area contributed by atoms with Crippen molar-refractivity contribution in [3.05, 3.63) is 28.7 Å². The van der Waals surface area contributed by atoms with Crippen molar-refractivity contribution in [1.29, 1.82) is 0 Å². The molecule has 2 aromatic rings. The van der Waals surface area contributed by atoms with Crippen molar-refractivity contribution in [2.45, 2.75) is 19.1 Å². The van der Waals surface area contributed by atoms with Gasteiger partial charge in [0.1, 0.15) is 0 Å². The fourth-order valence-corrected chi connectivity index (χ4v) is 2.03. The second kappa shape index (κ2) is 6.91. The lowest BCUT2D eigenvalue weighted by Gasteiger charge is -2.09. The van der Waals surface area contributed by atoms with Crippen molar-refractivity contribution in [2.24, 2.45) is 0 Å². The van der Waals surface area contributed by atoms with Crippen LogP contribution in [0.3, 0.4) is 0 Å². The number of aliphatic carboxylic acids is 1. The van der Waals surface area contributed by atoms with E-state index in [0.29, 0.717) is 0 Å². The molecule has 0 saturated carbocycles. The van der Waals surface area contributed by atoms with E-state index in [2.05, 4.69) is 20.8 Å². The number of alkyl halides is 3. The van der Waals surface area contributed by atoms with E-state index >= 15 is 0 Å². The number of rotatable bonds is 5. The third kappa shape index (κ3) is 4.25. The van der Waals surface area contributed by atoms with Gasteiger partial charge in [0.2, 0.25) is 0 Å². The number of pyridine rings is 1. The molecule has 0 aliphatic heterocycles. The predicted octanol–water partition coefficient (Wildman–Crippen LogP) is 1.68. The molecule has 2 rings (SSSR count). The molecule has 0 saturated heterocycles. The van der Waals surface area contributed by atoms with Gasteiger partial charge in [0.15, 0.2) is 11.5 Å². The van der Waals surface area contributed by atoms with Crippen molar-refractivity contribution >= 4 is 29.2 Å². The highest BCUT2D eigenvalue weighted by atomic mass is 35.5. The number of urea groups is 1. The number of nitrogens with zero attached hydrogens (tertiary/aromatic N) is 3. The number of carbonyl (C=O) groups excluding carboxylic acids is 1. The Morgan fingerprint density at radius 2 is 2.00 bits per heavy atom. The molecule has 0 radical (unpaired) electrons. The van der Waals surface area contributed by atoms with Crippen LogP contribution in [0.5, 0.6) is 0 Å². The van der Waals surface area contributed by atoms with E-state index in [9.17, 15) is 22.8 Å². The summed E-state index contributed by atoms with van der Waals surface area (Å²) in [4.78, 5) is 21.8. The number of carbonyl (C=O) groups is 2. The van der Waals surface area contributed by atoms with Crippen LogP contribution in [-0.4, -0.2) is 38.2 Å². The summed E-state index contributed by atoms with van der Waals surface area (Å²) in [7, 11) is 0. The van der Waals surface area contributed by atoms with E-state index in [0.717, 1.165) is 16.7 Å². The summed E-state index contributed by atoms with van der Waals surface area (Å²) in [5.74, 6) is -1.04. The van der Waals surface area contributed by atoms with Crippen LogP contribution in [0.2, 0.25) is 5.02 Å². The molecular weight excluding hydrogens is 355 g/mol. The average molecular weight is 366 g/mol. The van der Waals surface area contributed by atoms with Crippen LogP contribution in [0.4, 0.5) is 18.0 Å². The van der Waals surface area contributed by atoms with Crippen LogP contribution < -0.4 is 10.6 Å². The minimum absolute atomic E-state index is 0.0211. The van der Waals surface area contributed by atoms with Gasteiger partial charge < -0.3 is 15.7 Å². The topological polar surface area (TPSA) is 109 Å². The zero-order valence-corrected chi connectivity index (χ0v) is 12.6. The molecule has 2 amide bonds. The summed E-state index contributed by atoms with van der Waals surface area (Å²) in [6.45, 7) is -0.316. The fourth-order valence-electron chi connectivity index (χ4n) is 1.78. The first-order valence-corrected chi connectivity index (χ1v) is 6.90. The van der Waals surface area contributed by atoms with Crippen molar-refractivity contribution in [3.8, 4) is 0 Å². The van der Waals surface area contributed by atoms with Crippen molar-refractivity contribution < 1.29 is 27.9 Å². The maximum atomic E-state index is 12.8. The maximum Gasteiger partial charge on any atom is 0.417 e. The predicted molar refractivity (Wildman–Crippen MR) is 75.5 cm³/mol. The molecule has 2 heterocycles. The lowest BCUT2D eigenvalue weighted by molar-refractivity contribution is -0.138. The second-order valence-electron chi connectivity index (χ2n) is 4.64. The third-order valence-electron chi connectivity index (χ3n) is 2.89. The molecule has 0 aliphatic carbocycles. The highest BCUT2D eigenvalue weighted by Gasteiger charge is 2.32. The number of carboxylic acid groups (broad SMARTS) is 1. The van der Waals surface area contributed by atoms with Crippen LogP contribution in [-0.2, 0) is 17.5 Å². The number of hydrogen-bond acceptors (Lipinski definition) is 4. The Morgan fingerprint density at radius 1 is 1.29 bits per heavy atom. The molecule has 0 aliphatic rings. The Hall–Kier alpha value is -2.56. The molecule has 12 heteroatoms. The quantitative estimate of drug-likeness (QED) is 0.747. The normalized spacial score (nSPS) is 11.5. The lowest BCUT2D eigenvalue weighted by atomic mass is 10.3. The van der Waals surface area contributed by atoms with Gasteiger partial charge in [-0.2, -0.15) is 13.2 Å². The van der Waals surface area contributed by atoms with E-state index < -0.39 is 23.7 Å². The molecule has 0 spiro atoms. The Morgan fingerprint density at radius 3 is 2.62 bits per heavy atom. The van der Waals surface area contributed by atoms with E-state index in [1.54, 1.807) is 0 Å². The van der Waals surface area contributed by atoms with Gasteiger partial charge in [-0.05, 0) is 6.07 Å². The monoisotopic (exact) mass is 365 g/mol. The minimum Gasteiger partial charge on any atom is -0.481 e. The van der Waals surface area contributed by atoms with Crippen LogP contribution in [0, 0.1) is 0 Å². The maximum absolute atomic E-state index is 12.8. The Labute approximate surface area is 137 Å². The summed E-state index contributed by atoms with van der Waals surface area (Å²) in [6, 6.07) is 0.0487. The first-order chi connectivity index (χ1) is 11.2. The second-order valence-corrected chi connectivity index (χ2v) is 5.04. The zero-order chi connectivity index (χ0) is 17.9. The molecule has 3 N–H and O–H groups in total. The van der Waals surface area contributed by atoms with Crippen molar-refractivity contribution in [2.75, 3.05) is 6.54 Å². The Balaban J connectivity index is 2.11. The number of halogens is 4. The summed E-state index contributed by atoms with van der Waals surface area (Å²) in [5, 5.41) is 20.2. The summed E-state index contributed by atoms with van der Waals surface area (Å²) < 4.78 is 39.5. The largest absolute Gasteiger partial charge is 0.481 e. The van der Waals surface area contributed by atoms with Crippen molar-refractivity contribution in [1.82, 2.24) is 25.2 Å². The average Bonchev–Trinajstić information content (AvgIpc) is 2.87. The van der Waals surface area contributed by atoms with Crippen molar-refractivity contribution in [3.63, 3.8) is 0 Å². The van der Waals surface area contributed by atoms with Gasteiger partial charge >= 0.3 is 18.2 Å². The van der Waals surface area contributed by atoms with Crippen LogP contribution >= 0.6 is 11.6 Å². The standard InChI is InChI=1S/C12H11ClF3N5O3/c13-7-3-6(12(14,15)16)5-21-8(19-20-10(7)21)4-18-11(24)17-2-1-9(22)23/h3,5H,1-2,4H2,(H,22,23)(H2,17,18,24). The number of carboxylic acids is 1. The number of amides is 2. The number of aromatic nitrogens is 3. The molecule has 0 aromatic carbocycles. The fraction of sp³-hybridized carbons (Fsp3) is 0.333. The molecule has 8 nitrogen and oxygen atoms in total. The summed E-state index contributed by atoms with van der Waals surface area (Å²) in [5.41, 5.74) is -0.959. The third-order valence-corrected chi connectivity index (χ3v) is 3.17. The minimum atomic E-state index is -4.60.